The first-order valence-electron chi connectivity index (χ1n) is 14.5. The van der Waals surface area contributed by atoms with E-state index < -0.39 is 11.6 Å². The summed E-state index contributed by atoms with van der Waals surface area (Å²) in [5, 5.41) is 6.41. The van der Waals surface area contributed by atoms with Crippen LogP contribution in [0.3, 0.4) is 0 Å². The van der Waals surface area contributed by atoms with Crippen LogP contribution in [0.15, 0.2) is 48.5 Å². The number of hydrogen-bond donors (Lipinski definition) is 2. The van der Waals surface area contributed by atoms with Crippen LogP contribution in [0, 0.1) is 11.8 Å². The maximum absolute atomic E-state index is 13.9. The van der Waals surface area contributed by atoms with Crippen molar-refractivity contribution in [3.63, 3.8) is 0 Å². The molecule has 1 aliphatic rings. The average Bonchev–Trinajstić information content (AvgIpc) is 3.42. The number of nitrogens with one attached hydrogen (secondary N) is 2. The molecule has 2 N–H and O–H groups in total. The third-order valence-electron chi connectivity index (χ3n) is 7.44. The highest BCUT2D eigenvalue weighted by molar-refractivity contribution is 5.95. The number of alkyl carbamates (subject to hydrolysis) is 1. The lowest BCUT2D eigenvalue weighted by Gasteiger charge is -2.38. The summed E-state index contributed by atoms with van der Waals surface area (Å²) in [6, 6.07) is 15.1. The van der Waals surface area contributed by atoms with Gasteiger partial charge in [-0.2, -0.15) is 0 Å². The Labute approximate surface area is 244 Å². The van der Waals surface area contributed by atoms with Crippen molar-refractivity contribution in [3.05, 3.63) is 59.7 Å². The Hall–Kier alpha value is -3.30. The number of nitrogens with zero attached hydrogens (tertiary/aromatic N) is 1. The first kappa shape index (κ1) is 32.2. The maximum Gasteiger partial charge on any atom is 0.407 e. The van der Waals surface area contributed by atoms with E-state index in [1.54, 1.807) is 32.4 Å². The highest BCUT2D eigenvalue weighted by Crippen LogP contribution is 2.31. The van der Waals surface area contributed by atoms with Crippen LogP contribution in [0.4, 0.5) is 4.79 Å². The molecule has 9 nitrogen and oxygen atoms in total. The minimum atomic E-state index is -0.425. The predicted octanol–water partition coefficient (Wildman–Crippen LogP) is 5.06. The van der Waals surface area contributed by atoms with Crippen molar-refractivity contribution in [2.75, 3.05) is 53.7 Å². The van der Waals surface area contributed by atoms with Crippen LogP contribution >= 0.6 is 0 Å². The minimum absolute atomic E-state index is 0.0835. The van der Waals surface area contributed by atoms with Gasteiger partial charge in [0.15, 0.2) is 11.5 Å². The molecule has 41 heavy (non-hydrogen) atoms. The Balaban J connectivity index is 1.65. The Kier molecular flexibility index (Phi) is 12.3. The highest BCUT2D eigenvalue weighted by Gasteiger charge is 2.36. The van der Waals surface area contributed by atoms with Crippen molar-refractivity contribution in [1.29, 1.82) is 0 Å². The van der Waals surface area contributed by atoms with E-state index in [0.717, 1.165) is 31.5 Å². The topological polar surface area (TPSA) is 98.4 Å². The third-order valence-corrected chi connectivity index (χ3v) is 7.44. The molecule has 0 aromatic heterocycles. The van der Waals surface area contributed by atoms with Crippen LogP contribution in [0.1, 0.15) is 62.5 Å². The molecule has 3 rings (SSSR count). The Bertz CT molecular complexity index is 1100. The molecule has 0 saturated carbocycles. The lowest BCUT2D eigenvalue weighted by Crippen LogP contribution is -2.49. The summed E-state index contributed by atoms with van der Waals surface area (Å²) < 4.78 is 22.2. The summed E-state index contributed by atoms with van der Waals surface area (Å²) in [4.78, 5) is 28.4. The molecule has 226 valence electrons. The second kappa shape index (κ2) is 15.6. The zero-order valence-corrected chi connectivity index (χ0v) is 25.4. The molecule has 0 spiro atoms. The van der Waals surface area contributed by atoms with E-state index in [0.29, 0.717) is 36.8 Å². The second-order valence-corrected chi connectivity index (χ2v) is 11.4. The minimum Gasteiger partial charge on any atom is -0.493 e. The molecule has 0 aliphatic carbocycles. The highest BCUT2D eigenvalue weighted by atomic mass is 16.5. The van der Waals surface area contributed by atoms with E-state index in [1.165, 1.54) is 0 Å². The van der Waals surface area contributed by atoms with Gasteiger partial charge in [-0.25, -0.2) is 4.79 Å². The smallest absolute Gasteiger partial charge is 0.407 e. The fourth-order valence-electron chi connectivity index (χ4n) is 5.03. The van der Waals surface area contributed by atoms with Gasteiger partial charge in [0.2, 0.25) is 0 Å². The quantitative estimate of drug-likeness (QED) is 0.307. The van der Waals surface area contributed by atoms with Crippen molar-refractivity contribution in [2.45, 2.75) is 52.1 Å². The maximum atomic E-state index is 13.9. The molecule has 0 bridgehead atoms. The summed E-state index contributed by atoms with van der Waals surface area (Å²) in [5.41, 5.74) is 1.16. The molecule has 2 aromatic carbocycles. The molecule has 0 unspecified atom stereocenters. The van der Waals surface area contributed by atoms with Crippen molar-refractivity contribution in [3.8, 4) is 11.5 Å². The zero-order chi connectivity index (χ0) is 29.8. The molecule has 1 saturated heterocycles. The van der Waals surface area contributed by atoms with Gasteiger partial charge in [0.05, 0.1) is 26.4 Å². The second-order valence-electron chi connectivity index (χ2n) is 11.4. The van der Waals surface area contributed by atoms with Crippen LogP contribution < -0.4 is 20.1 Å². The number of carbonyl (C=O) groups is 2. The predicted molar refractivity (Wildman–Crippen MR) is 160 cm³/mol. The first-order chi connectivity index (χ1) is 19.7. The van der Waals surface area contributed by atoms with E-state index in [9.17, 15) is 9.59 Å². The van der Waals surface area contributed by atoms with Crippen LogP contribution in [0.25, 0.3) is 0 Å². The number of hydrogen-bond acceptors (Lipinski definition) is 7. The number of carbonyl (C=O) groups excluding carboxylic acids is 2. The number of benzene rings is 2. The molecule has 9 heteroatoms. The van der Waals surface area contributed by atoms with Gasteiger partial charge in [-0.3, -0.25) is 4.79 Å². The van der Waals surface area contributed by atoms with Crippen molar-refractivity contribution in [2.24, 2.45) is 11.8 Å². The van der Waals surface area contributed by atoms with Gasteiger partial charge in [0, 0.05) is 56.8 Å². The standard InChI is InChI=1S/C32H47N3O6/c1-7-27(23-12-9-8-10-13-23)34-31(37)41-22-26-20-33-19-25(26)21-35(32(2,3)4)30(36)24-14-15-28(39-6)29(18-24)40-17-11-16-38-5/h8-10,12-15,18,25-27,33H,7,11,16-17,19-22H2,1-6H3,(H,34,37)/t25-,26-,27-/m0/s1. The van der Waals surface area contributed by atoms with Crippen molar-refractivity contribution < 1.29 is 28.5 Å². The monoisotopic (exact) mass is 569 g/mol. The first-order valence-corrected chi connectivity index (χ1v) is 14.5. The van der Waals surface area contributed by atoms with Gasteiger partial charge >= 0.3 is 6.09 Å². The molecular formula is C32H47N3O6. The van der Waals surface area contributed by atoms with Crippen LogP contribution in [-0.4, -0.2) is 76.1 Å². The van der Waals surface area contributed by atoms with Crippen LogP contribution in [-0.2, 0) is 9.47 Å². The lowest BCUT2D eigenvalue weighted by molar-refractivity contribution is 0.0483. The van der Waals surface area contributed by atoms with E-state index >= 15 is 0 Å². The van der Waals surface area contributed by atoms with Crippen LogP contribution in [0.5, 0.6) is 11.5 Å². The molecule has 2 aromatic rings. The van der Waals surface area contributed by atoms with Gasteiger partial charge in [-0.15, -0.1) is 0 Å². The van der Waals surface area contributed by atoms with E-state index in [2.05, 4.69) is 10.6 Å². The Morgan fingerprint density at radius 3 is 2.41 bits per heavy atom. The molecule has 0 radical (unpaired) electrons. The van der Waals surface area contributed by atoms with E-state index in [-0.39, 0.29) is 30.4 Å². The molecule has 2 amide bonds. The summed E-state index contributed by atoms with van der Waals surface area (Å²) in [6.45, 7) is 11.5. The number of methoxy groups -OCH3 is 2. The van der Waals surface area contributed by atoms with Crippen molar-refractivity contribution >= 4 is 12.0 Å². The largest absolute Gasteiger partial charge is 0.493 e. The van der Waals surface area contributed by atoms with Gasteiger partial charge < -0.3 is 34.5 Å². The fraction of sp³-hybridized carbons (Fsp3) is 0.562. The molecule has 1 heterocycles. The lowest BCUT2D eigenvalue weighted by atomic mass is 9.93. The van der Waals surface area contributed by atoms with Gasteiger partial charge in [0.1, 0.15) is 0 Å². The van der Waals surface area contributed by atoms with E-state index in [1.807, 2.05) is 62.9 Å². The summed E-state index contributed by atoms with van der Waals surface area (Å²) in [7, 11) is 3.24. The number of amides is 2. The van der Waals surface area contributed by atoms with Gasteiger partial charge in [0.25, 0.3) is 5.91 Å². The summed E-state index contributed by atoms with van der Waals surface area (Å²) in [5.74, 6) is 1.24. The molecule has 1 fully saturated rings. The summed E-state index contributed by atoms with van der Waals surface area (Å²) >= 11 is 0. The van der Waals surface area contributed by atoms with Crippen molar-refractivity contribution in [1.82, 2.24) is 15.5 Å². The Morgan fingerprint density at radius 2 is 1.76 bits per heavy atom. The fourth-order valence-corrected chi connectivity index (χ4v) is 5.03. The molecule has 1 aliphatic heterocycles. The third kappa shape index (κ3) is 9.36. The van der Waals surface area contributed by atoms with Gasteiger partial charge in [-0.1, -0.05) is 37.3 Å². The van der Waals surface area contributed by atoms with Gasteiger partial charge in [-0.05, 0) is 56.9 Å². The van der Waals surface area contributed by atoms with Crippen LogP contribution in [0.2, 0.25) is 0 Å². The average molecular weight is 570 g/mol. The molecule has 3 atom stereocenters. The SMILES string of the molecule is CC[C@H](NC(=O)OC[C@@H]1CNC[C@H]1CN(C(=O)c1ccc(OC)c(OCCCOC)c1)C(C)(C)C)c1ccccc1. The molecular weight excluding hydrogens is 522 g/mol. The zero-order valence-electron chi connectivity index (χ0n) is 25.4. The number of ether oxygens (including phenoxy) is 4. The summed E-state index contributed by atoms with van der Waals surface area (Å²) in [6.07, 6.45) is 1.07. The number of rotatable bonds is 14. The van der Waals surface area contributed by atoms with E-state index in [4.69, 9.17) is 18.9 Å². The Morgan fingerprint density at radius 1 is 1.02 bits per heavy atom. The normalized spacial score (nSPS) is 17.5.